The molecule has 0 saturated carbocycles. The first kappa shape index (κ1) is 12.8. The predicted octanol–water partition coefficient (Wildman–Crippen LogP) is 3.67. The normalized spacial score (nSPS) is 12.4. The molecule has 1 heterocycles. The molecule has 0 aliphatic carbocycles. The van der Waals surface area contributed by atoms with Crippen molar-refractivity contribution in [2.24, 2.45) is 0 Å². The molecule has 0 aliphatic heterocycles. The summed E-state index contributed by atoms with van der Waals surface area (Å²) in [6.07, 6.45) is 0. The van der Waals surface area contributed by atoms with Crippen molar-refractivity contribution in [2.75, 3.05) is 0 Å². The summed E-state index contributed by atoms with van der Waals surface area (Å²) in [6.45, 7) is 1.98. The van der Waals surface area contributed by atoms with Crippen LogP contribution >= 0.6 is 12.2 Å². The summed E-state index contributed by atoms with van der Waals surface area (Å²) in [7, 11) is 0. The number of para-hydroxylation sites is 1. The Bertz CT molecular complexity index is 865. The van der Waals surface area contributed by atoms with Crippen molar-refractivity contribution in [3.8, 4) is 0 Å². The van der Waals surface area contributed by atoms with Crippen molar-refractivity contribution in [1.29, 1.82) is 0 Å². The summed E-state index contributed by atoms with van der Waals surface area (Å²) in [5.74, 6) is 0. The minimum absolute atomic E-state index is 0.0549. The Labute approximate surface area is 121 Å². The fraction of sp³-hybridized carbons (Fsp3) is 0.125. The molecular weight excluding hydrogens is 268 g/mol. The molecule has 20 heavy (non-hydrogen) atoms. The van der Waals surface area contributed by atoms with Gasteiger partial charge in [-0.2, -0.15) is 0 Å². The van der Waals surface area contributed by atoms with E-state index in [2.05, 4.69) is 4.98 Å². The molecule has 0 amide bonds. The van der Waals surface area contributed by atoms with Crippen LogP contribution < -0.4 is 5.56 Å². The number of aromatic nitrogens is 2. The van der Waals surface area contributed by atoms with Crippen LogP contribution in [0.25, 0.3) is 10.9 Å². The van der Waals surface area contributed by atoms with E-state index >= 15 is 0 Å². The Morgan fingerprint density at radius 3 is 2.45 bits per heavy atom. The number of rotatable bonds is 2. The zero-order chi connectivity index (χ0) is 14.1. The van der Waals surface area contributed by atoms with Crippen LogP contribution in [0.5, 0.6) is 0 Å². The highest BCUT2D eigenvalue weighted by molar-refractivity contribution is 7.71. The second-order valence-electron chi connectivity index (χ2n) is 4.74. The number of fused-ring (bicyclic) bond motifs is 1. The summed E-state index contributed by atoms with van der Waals surface area (Å²) >= 11 is 5.35. The van der Waals surface area contributed by atoms with Crippen LogP contribution in [0.3, 0.4) is 0 Å². The number of hydrogen-bond acceptors (Lipinski definition) is 2. The first-order chi connectivity index (χ1) is 9.68. The molecule has 100 valence electrons. The molecule has 0 aliphatic rings. The molecule has 1 unspecified atom stereocenters. The first-order valence-electron chi connectivity index (χ1n) is 6.47. The fourth-order valence-electron chi connectivity index (χ4n) is 2.41. The highest BCUT2D eigenvalue weighted by Crippen LogP contribution is 2.17. The van der Waals surface area contributed by atoms with Gasteiger partial charge in [0, 0.05) is 0 Å². The van der Waals surface area contributed by atoms with Crippen LogP contribution in [-0.2, 0) is 0 Å². The molecule has 0 saturated heterocycles. The SMILES string of the molecule is CC(c1ccccc1)n1c(=S)[nH]c2ccccc2c1=O. The van der Waals surface area contributed by atoms with Crippen molar-refractivity contribution in [1.82, 2.24) is 9.55 Å². The first-order valence-corrected chi connectivity index (χ1v) is 6.88. The molecular formula is C16H14N2OS. The van der Waals surface area contributed by atoms with Crippen LogP contribution in [0, 0.1) is 4.77 Å². The molecule has 3 aromatic rings. The van der Waals surface area contributed by atoms with Crippen LogP contribution in [0.4, 0.5) is 0 Å². The smallest absolute Gasteiger partial charge is 0.262 e. The maximum Gasteiger partial charge on any atom is 0.262 e. The van der Waals surface area contributed by atoms with Gasteiger partial charge in [-0.25, -0.2) is 0 Å². The standard InChI is InChI=1S/C16H14N2OS/c1-11(12-7-3-2-4-8-12)18-15(19)13-9-5-6-10-14(13)17-16(18)20/h2-11H,1H3,(H,17,20). The Kier molecular flexibility index (Phi) is 3.24. The molecule has 0 radical (unpaired) electrons. The van der Waals surface area contributed by atoms with E-state index in [1.807, 2.05) is 61.5 Å². The molecule has 0 spiro atoms. The lowest BCUT2D eigenvalue weighted by Gasteiger charge is -2.16. The lowest BCUT2D eigenvalue weighted by molar-refractivity contribution is 0.600. The zero-order valence-electron chi connectivity index (χ0n) is 11.0. The summed E-state index contributed by atoms with van der Waals surface area (Å²) in [4.78, 5) is 15.8. The number of benzene rings is 2. The zero-order valence-corrected chi connectivity index (χ0v) is 11.9. The Hall–Kier alpha value is -2.20. The molecule has 4 heteroatoms. The number of hydrogen-bond donors (Lipinski definition) is 1. The fourth-order valence-corrected chi connectivity index (χ4v) is 2.76. The van der Waals surface area contributed by atoms with Gasteiger partial charge in [0.05, 0.1) is 16.9 Å². The third kappa shape index (κ3) is 2.08. The summed E-state index contributed by atoms with van der Waals surface area (Å²) in [5, 5.41) is 0.656. The number of H-pyrrole nitrogens is 1. The topological polar surface area (TPSA) is 37.8 Å². The van der Waals surface area contributed by atoms with Crippen LogP contribution in [0.15, 0.2) is 59.4 Å². The molecule has 1 N–H and O–H groups in total. The van der Waals surface area contributed by atoms with E-state index in [9.17, 15) is 4.79 Å². The summed E-state index contributed by atoms with van der Waals surface area (Å²) in [6, 6.07) is 17.2. The number of aromatic amines is 1. The maximum atomic E-state index is 12.6. The minimum Gasteiger partial charge on any atom is -0.332 e. The van der Waals surface area contributed by atoms with E-state index < -0.39 is 0 Å². The van der Waals surface area contributed by atoms with Gasteiger partial charge >= 0.3 is 0 Å². The van der Waals surface area contributed by atoms with Crippen LogP contribution in [0.2, 0.25) is 0 Å². The minimum atomic E-state index is -0.0999. The van der Waals surface area contributed by atoms with E-state index in [1.54, 1.807) is 4.57 Å². The van der Waals surface area contributed by atoms with Crippen LogP contribution in [-0.4, -0.2) is 9.55 Å². The molecule has 0 bridgehead atoms. The molecule has 3 rings (SSSR count). The van der Waals surface area contributed by atoms with Gasteiger partial charge in [-0.1, -0.05) is 42.5 Å². The van der Waals surface area contributed by atoms with E-state index in [0.29, 0.717) is 10.2 Å². The van der Waals surface area contributed by atoms with E-state index in [4.69, 9.17) is 12.2 Å². The van der Waals surface area contributed by atoms with E-state index in [0.717, 1.165) is 11.1 Å². The molecule has 3 nitrogen and oxygen atoms in total. The van der Waals surface area contributed by atoms with Gasteiger partial charge in [0.15, 0.2) is 4.77 Å². The third-order valence-corrected chi connectivity index (χ3v) is 3.80. The van der Waals surface area contributed by atoms with Crippen molar-refractivity contribution in [2.45, 2.75) is 13.0 Å². The number of nitrogens with one attached hydrogen (secondary N) is 1. The lowest BCUT2D eigenvalue weighted by atomic mass is 10.1. The van der Waals surface area contributed by atoms with Gasteiger partial charge in [0.25, 0.3) is 5.56 Å². The second-order valence-corrected chi connectivity index (χ2v) is 5.12. The van der Waals surface area contributed by atoms with Gasteiger partial charge in [-0.05, 0) is 36.8 Å². The average molecular weight is 282 g/mol. The predicted molar refractivity (Wildman–Crippen MR) is 83.6 cm³/mol. The monoisotopic (exact) mass is 282 g/mol. The molecule has 0 fully saturated rings. The average Bonchev–Trinajstić information content (AvgIpc) is 2.48. The Morgan fingerprint density at radius 1 is 1.05 bits per heavy atom. The summed E-state index contributed by atoms with van der Waals surface area (Å²) < 4.78 is 2.08. The van der Waals surface area contributed by atoms with Gasteiger partial charge in [0.1, 0.15) is 0 Å². The molecule has 1 atom stereocenters. The van der Waals surface area contributed by atoms with Gasteiger partial charge in [0.2, 0.25) is 0 Å². The summed E-state index contributed by atoms with van der Waals surface area (Å²) in [5.41, 5.74) is 1.78. The highest BCUT2D eigenvalue weighted by Gasteiger charge is 2.12. The maximum absolute atomic E-state index is 12.6. The van der Waals surface area contributed by atoms with Gasteiger partial charge in [-0.3, -0.25) is 9.36 Å². The van der Waals surface area contributed by atoms with Crippen molar-refractivity contribution >= 4 is 23.1 Å². The Balaban J connectivity index is 2.27. The van der Waals surface area contributed by atoms with Crippen molar-refractivity contribution < 1.29 is 0 Å². The van der Waals surface area contributed by atoms with Crippen molar-refractivity contribution in [3.05, 3.63) is 75.3 Å². The quantitative estimate of drug-likeness (QED) is 0.728. The molecule has 1 aromatic heterocycles. The third-order valence-electron chi connectivity index (χ3n) is 3.51. The lowest BCUT2D eigenvalue weighted by Crippen LogP contribution is -2.25. The molecule has 2 aromatic carbocycles. The van der Waals surface area contributed by atoms with Gasteiger partial charge in [-0.15, -0.1) is 0 Å². The number of nitrogens with zero attached hydrogens (tertiary/aromatic N) is 1. The Morgan fingerprint density at radius 2 is 1.70 bits per heavy atom. The van der Waals surface area contributed by atoms with E-state index in [-0.39, 0.29) is 11.6 Å². The highest BCUT2D eigenvalue weighted by atomic mass is 32.1. The largest absolute Gasteiger partial charge is 0.332 e. The van der Waals surface area contributed by atoms with Crippen molar-refractivity contribution in [3.63, 3.8) is 0 Å². The van der Waals surface area contributed by atoms with Crippen LogP contribution in [0.1, 0.15) is 18.5 Å². The second kappa shape index (κ2) is 5.06. The van der Waals surface area contributed by atoms with Gasteiger partial charge < -0.3 is 4.98 Å². The van der Waals surface area contributed by atoms with E-state index in [1.165, 1.54) is 0 Å².